The second kappa shape index (κ2) is 4.30. The third kappa shape index (κ3) is 2.13. The van der Waals surface area contributed by atoms with Crippen molar-refractivity contribution in [3.05, 3.63) is 30.0 Å². The van der Waals surface area contributed by atoms with E-state index in [0.29, 0.717) is 0 Å². The normalized spacial score (nSPS) is 10.2. The average Bonchev–Trinajstić information content (AvgIpc) is 2.55. The Morgan fingerprint density at radius 1 is 1.53 bits per heavy atom. The Hall–Kier alpha value is -2.28. The molecular formula is C13H13N3O. The summed E-state index contributed by atoms with van der Waals surface area (Å²) in [6, 6.07) is 7.57. The molecule has 0 spiro atoms. The molecule has 0 aliphatic carbocycles. The summed E-state index contributed by atoms with van der Waals surface area (Å²) >= 11 is 0. The Kier molecular flexibility index (Phi) is 2.84. The number of aromatic nitrogens is 1. The molecule has 1 amide bonds. The van der Waals surface area contributed by atoms with Gasteiger partial charge in [-0.1, -0.05) is 6.07 Å². The molecule has 0 bridgehead atoms. The molecule has 17 heavy (non-hydrogen) atoms. The number of aryl methyl sites for hydroxylation is 2. The van der Waals surface area contributed by atoms with Gasteiger partial charge in [0, 0.05) is 24.3 Å². The molecule has 0 aliphatic heterocycles. The molecule has 0 fully saturated rings. The molecule has 1 aromatic heterocycles. The van der Waals surface area contributed by atoms with E-state index in [1.54, 1.807) is 0 Å². The van der Waals surface area contributed by atoms with Crippen molar-refractivity contribution in [2.45, 2.75) is 13.3 Å². The van der Waals surface area contributed by atoms with Gasteiger partial charge >= 0.3 is 0 Å². The largest absolute Gasteiger partial charge is 0.350 e. The van der Waals surface area contributed by atoms with Crippen LogP contribution in [0.3, 0.4) is 0 Å². The fourth-order valence-corrected chi connectivity index (χ4v) is 1.94. The molecule has 2 aromatic rings. The first-order valence-corrected chi connectivity index (χ1v) is 5.34. The van der Waals surface area contributed by atoms with E-state index in [1.807, 2.05) is 42.1 Å². The zero-order chi connectivity index (χ0) is 12.4. The van der Waals surface area contributed by atoms with Crippen molar-refractivity contribution in [1.82, 2.24) is 4.57 Å². The second-order valence-electron chi connectivity index (χ2n) is 4.04. The first-order chi connectivity index (χ1) is 8.11. The predicted molar refractivity (Wildman–Crippen MR) is 66.5 cm³/mol. The monoisotopic (exact) mass is 227 g/mol. The zero-order valence-corrected chi connectivity index (χ0v) is 9.82. The summed E-state index contributed by atoms with van der Waals surface area (Å²) in [7, 11) is 1.97. The van der Waals surface area contributed by atoms with Crippen molar-refractivity contribution in [3.8, 4) is 6.07 Å². The summed E-state index contributed by atoms with van der Waals surface area (Å²) in [4.78, 5) is 11.3. The van der Waals surface area contributed by atoms with Crippen LogP contribution in [0.4, 0.5) is 5.69 Å². The number of carbonyl (C=O) groups is 1. The maximum absolute atomic E-state index is 11.3. The van der Waals surface area contributed by atoms with E-state index in [-0.39, 0.29) is 12.3 Å². The van der Waals surface area contributed by atoms with Gasteiger partial charge in [-0.3, -0.25) is 4.79 Å². The third-order valence-electron chi connectivity index (χ3n) is 2.71. The Morgan fingerprint density at radius 2 is 2.29 bits per heavy atom. The van der Waals surface area contributed by atoms with Crippen molar-refractivity contribution in [3.63, 3.8) is 0 Å². The minimum Gasteiger partial charge on any atom is -0.350 e. The number of fused-ring (bicyclic) bond motifs is 1. The van der Waals surface area contributed by atoms with Gasteiger partial charge in [-0.2, -0.15) is 5.26 Å². The summed E-state index contributed by atoms with van der Waals surface area (Å²) in [6.07, 6.45) is 1.93. The first kappa shape index (κ1) is 11.2. The van der Waals surface area contributed by atoms with Crippen molar-refractivity contribution in [2.24, 2.45) is 7.05 Å². The van der Waals surface area contributed by atoms with E-state index in [4.69, 9.17) is 5.26 Å². The van der Waals surface area contributed by atoms with Gasteiger partial charge in [0.15, 0.2) is 0 Å². The summed E-state index contributed by atoms with van der Waals surface area (Å²) in [5, 5.41) is 12.3. The number of nitriles is 1. The van der Waals surface area contributed by atoms with Crippen molar-refractivity contribution in [2.75, 3.05) is 5.32 Å². The van der Waals surface area contributed by atoms with Crippen molar-refractivity contribution < 1.29 is 4.79 Å². The minimum absolute atomic E-state index is 0.121. The number of nitrogens with one attached hydrogen (secondary N) is 1. The third-order valence-corrected chi connectivity index (χ3v) is 2.71. The van der Waals surface area contributed by atoms with Crippen LogP contribution in [0.1, 0.15) is 12.0 Å². The van der Waals surface area contributed by atoms with Gasteiger partial charge in [-0.15, -0.1) is 0 Å². The van der Waals surface area contributed by atoms with E-state index in [0.717, 1.165) is 11.2 Å². The summed E-state index contributed by atoms with van der Waals surface area (Å²) in [5.41, 5.74) is 2.99. The van der Waals surface area contributed by atoms with Gasteiger partial charge in [0.25, 0.3) is 0 Å². The SMILES string of the molecule is Cc1cn(C)c2cc(NC(=O)CC#N)ccc12. The van der Waals surface area contributed by atoms with Gasteiger partial charge in [-0.05, 0) is 24.6 Å². The fraction of sp³-hybridized carbons (Fsp3) is 0.231. The Labute approximate surface area is 99.5 Å². The fourth-order valence-electron chi connectivity index (χ4n) is 1.94. The average molecular weight is 227 g/mol. The van der Waals surface area contributed by atoms with E-state index in [9.17, 15) is 4.79 Å². The number of nitrogens with zero attached hydrogens (tertiary/aromatic N) is 2. The molecule has 1 aromatic carbocycles. The van der Waals surface area contributed by atoms with E-state index in [1.165, 1.54) is 10.9 Å². The smallest absolute Gasteiger partial charge is 0.238 e. The quantitative estimate of drug-likeness (QED) is 0.856. The molecule has 0 atom stereocenters. The van der Waals surface area contributed by atoms with Crippen LogP contribution in [-0.2, 0) is 11.8 Å². The first-order valence-electron chi connectivity index (χ1n) is 5.34. The van der Waals surface area contributed by atoms with Crippen molar-refractivity contribution >= 4 is 22.5 Å². The molecule has 4 heteroatoms. The topological polar surface area (TPSA) is 57.8 Å². The van der Waals surface area contributed by atoms with E-state index >= 15 is 0 Å². The number of rotatable bonds is 2. The molecule has 2 rings (SSSR count). The molecule has 0 aliphatic rings. The van der Waals surface area contributed by atoms with Gasteiger partial charge in [-0.25, -0.2) is 0 Å². The van der Waals surface area contributed by atoms with Gasteiger partial charge < -0.3 is 9.88 Å². The van der Waals surface area contributed by atoms with Gasteiger partial charge in [0.1, 0.15) is 6.42 Å². The lowest BCUT2D eigenvalue weighted by molar-refractivity contribution is -0.115. The molecule has 4 nitrogen and oxygen atoms in total. The molecule has 0 saturated carbocycles. The predicted octanol–water partition coefficient (Wildman–Crippen LogP) is 2.34. The van der Waals surface area contributed by atoms with Crippen LogP contribution in [0.25, 0.3) is 10.9 Å². The Bertz CT molecular complexity index is 619. The van der Waals surface area contributed by atoms with Crippen LogP contribution >= 0.6 is 0 Å². The highest BCUT2D eigenvalue weighted by Gasteiger charge is 2.06. The molecule has 0 radical (unpaired) electrons. The second-order valence-corrected chi connectivity index (χ2v) is 4.04. The molecule has 0 saturated heterocycles. The molecular weight excluding hydrogens is 214 g/mol. The minimum atomic E-state index is -0.280. The van der Waals surface area contributed by atoms with Crippen LogP contribution < -0.4 is 5.32 Å². The highest BCUT2D eigenvalue weighted by Crippen LogP contribution is 2.23. The highest BCUT2D eigenvalue weighted by molar-refractivity contribution is 5.95. The standard InChI is InChI=1S/C13H13N3O/c1-9-8-16(2)12-7-10(3-4-11(9)12)15-13(17)5-6-14/h3-4,7-8H,5H2,1-2H3,(H,15,17). The number of carbonyl (C=O) groups excluding carboxylic acids is 1. The maximum atomic E-state index is 11.3. The number of hydrogen-bond acceptors (Lipinski definition) is 2. The number of anilines is 1. The molecule has 0 unspecified atom stereocenters. The summed E-state index contributed by atoms with van der Waals surface area (Å²) < 4.78 is 2.02. The Morgan fingerprint density at radius 3 is 3.00 bits per heavy atom. The highest BCUT2D eigenvalue weighted by atomic mass is 16.1. The molecule has 1 N–H and O–H groups in total. The Balaban J connectivity index is 2.35. The van der Waals surface area contributed by atoms with Gasteiger partial charge in [0.2, 0.25) is 5.91 Å². The lowest BCUT2D eigenvalue weighted by Crippen LogP contribution is -2.09. The van der Waals surface area contributed by atoms with Crippen LogP contribution in [0.5, 0.6) is 0 Å². The number of benzene rings is 1. The van der Waals surface area contributed by atoms with Crippen molar-refractivity contribution in [1.29, 1.82) is 5.26 Å². The zero-order valence-electron chi connectivity index (χ0n) is 9.82. The summed E-state index contributed by atoms with van der Waals surface area (Å²) in [6.45, 7) is 2.05. The lowest BCUT2D eigenvalue weighted by Gasteiger charge is -2.04. The lowest BCUT2D eigenvalue weighted by atomic mass is 10.2. The number of hydrogen-bond donors (Lipinski definition) is 1. The maximum Gasteiger partial charge on any atom is 0.238 e. The summed E-state index contributed by atoms with van der Waals surface area (Å²) in [5.74, 6) is -0.280. The van der Waals surface area contributed by atoms with E-state index < -0.39 is 0 Å². The van der Waals surface area contributed by atoms with Crippen LogP contribution in [0, 0.1) is 18.3 Å². The molecule has 1 heterocycles. The van der Waals surface area contributed by atoms with Crippen LogP contribution in [-0.4, -0.2) is 10.5 Å². The number of amides is 1. The van der Waals surface area contributed by atoms with E-state index in [2.05, 4.69) is 12.2 Å². The van der Waals surface area contributed by atoms with Crippen LogP contribution in [0.2, 0.25) is 0 Å². The van der Waals surface area contributed by atoms with Crippen LogP contribution in [0.15, 0.2) is 24.4 Å². The molecule has 86 valence electrons. The van der Waals surface area contributed by atoms with Gasteiger partial charge in [0.05, 0.1) is 11.6 Å².